The van der Waals surface area contributed by atoms with Gasteiger partial charge in [-0.3, -0.25) is 39.2 Å². The number of methoxy groups -OCH3 is 1. The van der Waals surface area contributed by atoms with Gasteiger partial charge in [0.15, 0.2) is 5.60 Å². The molecule has 10 N–H and O–H groups in total. The van der Waals surface area contributed by atoms with E-state index in [1.54, 1.807) is 28.1 Å². The molecule has 4 amide bonds. The van der Waals surface area contributed by atoms with Gasteiger partial charge in [0, 0.05) is 121 Å². The Labute approximate surface area is 503 Å². The third-order valence-electron chi connectivity index (χ3n) is 19.4. The van der Waals surface area contributed by atoms with Crippen molar-refractivity contribution in [2.45, 2.75) is 131 Å². The number of carbonyl (C=O) groups excluding carboxylic acids is 6. The highest BCUT2D eigenvalue weighted by atomic mass is 33.1. The van der Waals surface area contributed by atoms with E-state index in [0.717, 1.165) is 39.8 Å². The number of aliphatic hydroxyl groups is 3. The number of ketones is 1. The predicted octanol–water partition coefficient (Wildman–Crippen LogP) is 2.66. The van der Waals surface area contributed by atoms with E-state index < -0.39 is 93.4 Å². The van der Waals surface area contributed by atoms with Crippen LogP contribution in [0.2, 0.25) is 0 Å². The van der Waals surface area contributed by atoms with Gasteiger partial charge in [0.05, 0.1) is 30.2 Å². The third kappa shape index (κ3) is 11.6. The molecule has 25 heteroatoms. The fourth-order valence-corrected chi connectivity index (χ4v) is 17.1. The first kappa shape index (κ1) is 63.6. The highest BCUT2D eigenvalue weighted by Gasteiger charge is 2.79. The average molecular weight is 1220 g/mol. The van der Waals surface area contributed by atoms with Crippen LogP contribution >= 0.6 is 21.6 Å². The number of para-hydroxylation sites is 1. The molecule has 13 atom stereocenters. The SMILES string of the molecule is CC[C@]1(O)CC2CN(CCc3c([nH]c4ccccc34)[C@@](COC=O)(c3cc4c(cc3OC)N(C)[C@H]3[C@@](O)(C(=O)NNC(=O)OCCSSCCC(=O)NC[C@H](NC(=O)[C@H](C)CC(=O)[C@H](C)NC)C(=O)O)[C@H](O)[C@]5(CC)C=CCN6CC[C@]43[C@@H]65)C2)C1. The highest BCUT2D eigenvalue weighted by molar-refractivity contribution is 8.76. The van der Waals surface area contributed by atoms with Gasteiger partial charge >= 0.3 is 12.1 Å². The number of carboxylic acid groups (broad SMARTS) is 1. The third-order valence-corrected chi connectivity index (χ3v) is 21.8. The van der Waals surface area contributed by atoms with Crippen LogP contribution in [0.15, 0.2) is 48.6 Å². The minimum atomic E-state index is -2.57. The second-order valence-electron chi connectivity index (χ2n) is 24.1. The number of aromatic nitrogens is 1. The van der Waals surface area contributed by atoms with Crippen LogP contribution in [-0.2, 0) is 55.5 Å². The predicted molar refractivity (Wildman–Crippen MR) is 321 cm³/mol. The molecule has 85 heavy (non-hydrogen) atoms. The molecule has 9 rings (SSSR count). The number of nitrogens with zero attached hydrogens (tertiary/aromatic N) is 3. The maximum absolute atomic E-state index is 15.1. The lowest BCUT2D eigenvalue weighted by Gasteiger charge is -2.63. The zero-order valence-corrected chi connectivity index (χ0v) is 51.1. The van der Waals surface area contributed by atoms with Crippen molar-refractivity contribution in [3.8, 4) is 5.75 Å². The number of likely N-dealkylation sites (N-methyl/N-ethyl adjacent to an activating group) is 2. The number of Topliss-reactive ketones (excluding diaryl/α,β-unsaturated/α-hetero) is 1. The molecule has 23 nitrogen and oxygen atoms in total. The van der Waals surface area contributed by atoms with Crippen molar-refractivity contribution in [3.05, 3.63) is 70.9 Å². The van der Waals surface area contributed by atoms with Gasteiger partial charge < -0.3 is 60.5 Å². The zero-order chi connectivity index (χ0) is 61.2. The van der Waals surface area contributed by atoms with Gasteiger partial charge in [-0.05, 0) is 88.2 Å². The molecule has 3 aromatic rings. The number of rotatable bonds is 24. The molecule has 6 heterocycles. The number of fused-ring (bicyclic) bond motifs is 6. The van der Waals surface area contributed by atoms with Crippen LogP contribution in [0.4, 0.5) is 10.5 Å². The number of H-pyrrole nitrogens is 1. The first-order chi connectivity index (χ1) is 40.6. The summed E-state index contributed by atoms with van der Waals surface area (Å²) >= 11 is 0. The fourth-order valence-electron chi connectivity index (χ4n) is 15.3. The monoisotopic (exact) mass is 1220 g/mol. The van der Waals surface area contributed by atoms with Crippen molar-refractivity contribution in [3.63, 3.8) is 0 Å². The number of anilines is 1. The van der Waals surface area contributed by atoms with Crippen LogP contribution < -0.4 is 36.4 Å². The number of ether oxygens (including phenoxy) is 3. The molecule has 5 aliphatic heterocycles. The Morgan fingerprint density at radius 1 is 0.976 bits per heavy atom. The second kappa shape index (κ2) is 25.8. The number of hydrogen-bond donors (Lipinski definition) is 10. The summed E-state index contributed by atoms with van der Waals surface area (Å²) in [5, 5.41) is 57.0. The molecule has 2 bridgehead atoms. The van der Waals surface area contributed by atoms with Gasteiger partial charge in [-0.15, -0.1) is 0 Å². The maximum atomic E-state index is 15.1. The summed E-state index contributed by atoms with van der Waals surface area (Å²) in [4.78, 5) is 101. The number of hydrogen-bond acceptors (Lipinski definition) is 19. The van der Waals surface area contributed by atoms with Crippen molar-refractivity contribution < 1.29 is 68.2 Å². The van der Waals surface area contributed by atoms with Gasteiger partial charge in [0.2, 0.25) is 11.8 Å². The van der Waals surface area contributed by atoms with Gasteiger partial charge in [0.25, 0.3) is 12.4 Å². The van der Waals surface area contributed by atoms with E-state index in [0.29, 0.717) is 88.4 Å². The van der Waals surface area contributed by atoms with Crippen molar-refractivity contribution >= 4 is 80.2 Å². The number of nitrogens with one attached hydrogen (secondary N) is 6. The van der Waals surface area contributed by atoms with Crippen molar-refractivity contribution in [1.29, 1.82) is 0 Å². The quantitative estimate of drug-likeness (QED) is 0.0203. The van der Waals surface area contributed by atoms with Crippen LogP contribution in [0.1, 0.15) is 95.0 Å². The smallest absolute Gasteiger partial charge is 0.426 e. The average Bonchev–Trinajstić information content (AvgIpc) is 1.53. The number of piperidine rings is 1. The number of aliphatic hydroxyl groups excluding tert-OH is 1. The summed E-state index contributed by atoms with van der Waals surface area (Å²) in [6.45, 7) is 10.2. The second-order valence-corrected chi connectivity index (χ2v) is 26.8. The van der Waals surface area contributed by atoms with Crippen molar-refractivity contribution in [2.75, 3.05) is 90.1 Å². The Morgan fingerprint density at radius 2 is 1.74 bits per heavy atom. The first-order valence-electron chi connectivity index (χ1n) is 29.5. The molecule has 1 spiro atoms. The van der Waals surface area contributed by atoms with Gasteiger partial charge in [-0.1, -0.05) is 72.7 Å². The van der Waals surface area contributed by atoms with Gasteiger partial charge in [-0.2, -0.15) is 0 Å². The van der Waals surface area contributed by atoms with E-state index >= 15 is 4.79 Å². The Kier molecular flexibility index (Phi) is 19.3. The summed E-state index contributed by atoms with van der Waals surface area (Å²) in [6, 6.07) is 8.85. The number of carboxylic acids is 1. The topological polar surface area (TPSA) is 314 Å². The summed E-state index contributed by atoms with van der Waals surface area (Å²) < 4.78 is 17.8. The van der Waals surface area contributed by atoms with Crippen molar-refractivity contribution in [1.82, 2.24) is 41.6 Å². The number of aliphatic carboxylic acids is 1. The summed E-state index contributed by atoms with van der Waals surface area (Å²) in [7, 11) is 7.63. The summed E-state index contributed by atoms with van der Waals surface area (Å²) in [6.07, 6.45) is 4.20. The lowest BCUT2D eigenvalue weighted by molar-refractivity contribution is -0.204. The molecule has 2 unspecified atom stereocenters. The van der Waals surface area contributed by atoms with E-state index in [1.807, 2.05) is 55.2 Å². The maximum Gasteiger partial charge on any atom is 0.426 e. The molecule has 2 aromatic carbocycles. The molecular formula is C60H83N9O14S2. The standard InChI is InChI=1S/C60H83N9O14S2/c1-8-56(79)28-37-29-58(33-82-34-70,48-39(15-20-68(31-37)32-56)38-13-10-11-14-42(38)63-48)41-26-40-44(27-46(41)81-7)67(6)52-59(40)18-21-69-19-12-17-57(9-2,51(59)69)53(76)60(52,80)54(77)65-66-55(78)83-22-24-85-84-23-16-47(72)62-30-43(50(74)75)64-49(73)35(3)25-45(71)36(4)61-5/h10-14,17,26-27,34-37,43,51-53,61,63,76,79-80H,8-9,15-16,18-25,28-33H2,1-7H3,(H,62,72)(H,64,73)(H,65,77)(H,66,78)(H,74,75)/t35-,36+,37?,43+,51+,52-,53-,56+,57-,58+,59-,60+/m1/s1. The lowest BCUT2D eigenvalue weighted by atomic mass is 9.47. The Hall–Kier alpha value is -5.93. The number of aromatic amines is 1. The molecular weight excluding hydrogens is 1130 g/mol. The van der Waals surface area contributed by atoms with E-state index in [2.05, 4.69) is 53.7 Å². The zero-order valence-electron chi connectivity index (χ0n) is 49.5. The summed E-state index contributed by atoms with van der Waals surface area (Å²) in [5.41, 5.74) is 3.09. The molecule has 1 saturated carbocycles. The molecule has 3 fully saturated rings. The van der Waals surface area contributed by atoms with Crippen molar-refractivity contribution in [2.24, 2.45) is 17.3 Å². The van der Waals surface area contributed by atoms with E-state index in [-0.39, 0.29) is 50.1 Å². The molecule has 2 saturated heterocycles. The number of benzene rings is 2. The first-order valence-corrected chi connectivity index (χ1v) is 32.0. The molecule has 6 aliphatic rings. The Morgan fingerprint density at radius 3 is 2.46 bits per heavy atom. The molecule has 464 valence electrons. The largest absolute Gasteiger partial charge is 0.496 e. The van der Waals surface area contributed by atoms with Crippen LogP contribution in [0, 0.1) is 17.3 Å². The van der Waals surface area contributed by atoms with Gasteiger partial charge in [0.1, 0.15) is 36.9 Å². The van der Waals surface area contributed by atoms with E-state index in [4.69, 9.17) is 14.2 Å². The van der Waals surface area contributed by atoms with Crippen LogP contribution in [0.25, 0.3) is 10.9 Å². The van der Waals surface area contributed by atoms with Crippen LogP contribution in [0.3, 0.4) is 0 Å². The molecule has 1 aromatic heterocycles. The van der Waals surface area contributed by atoms with Crippen LogP contribution in [-0.4, -0.2) is 204 Å². The Bertz CT molecular complexity index is 3060. The normalized spacial score (nSPS) is 30.1. The highest BCUT2D eigenvalue weighted by Crippen LogP contribution is 2.67. The van der Waals surface area contributed by atoms with Crippen LogP contribution in [0.5, 0.6) is 5.75 Å². The number of amides is 4. The van der Waals surface area contributed by atoms with Gasteiger partial charge in [-0.25, -0.2) is 15.0 Å². The minimum absolute atomic E-state index is 0.0193. The molecule has 1 aliphatic carbocycles. The van der Waals surface area contributed by atoms with E-state index in [9.17, 15) is 49.2 Å². The minimum Gasteiger partial charge on any atom is -0.496 e. The summed E-state index contributed by atoms with van der Waals surface area (Å²) in [5.74, 6) is -3.40. The number of carbonyl (C=O) groups is 7. The lowest BCUT2D eigenvalue weighted by Crippen LogP contribution is -2.82. The fraction of sp³-hybridized carbons (Fsp3) is 0.617. The molecule has 0 radical (unpaired) electrons. The Balaban J connectivity index is 0.920. The van der Waals surface area contributed by atoms with E-state index in [1.165, 1.54) is 28.5 Å². The number of hydrazine groups is 1.